The third-order valence-corrected chi connectivity index (χ3v) is 2.62. The summed E-state index contributed by atoms with van der Waals surface area (Å²) in [5, 5.41) is 8.28. The van der Waals surface area contributed by atoms with Crippen molar-refractivity contribution in [3.63, 3.8) is 0 Å². The van der Waals surface area contributed by atoms with Crippen molar-refractivity contribution in [2.45, 2.75) is 43.5 Å². The predicted octanol–water partition coefficient (Wildman–Crippen LogP) is 3.97. The van der Waals surface area contributed by atoms with Crippen LogP contribution in [0.5, 0.6) is 0 Å². The lowest BCUT2D eigenvalue weighted by molar-refractivity contribution is -0.348. The summed E-state index contributed by atoms with van der Waals surface area (Å²) < 4.78 is 102. The Morgan fingerprint density at radius 3 is 1.75 bits per heavy atom. The van der Waals surface area contributed by atoms with E-state index in [0.29, 0.717) is 0 Å². The summed E-state index contributed by atoms with van der Waals surface area (Å²) in [4.78, 5) is 10.2. The second-order valence-corrected chi connectivity index (χ2v) is 4.19. The van der Waals surface area contributed by atoms with Gasteiger partial charge in [0.25, 0.3) is 5.67 Å². The van der Waals surface area contributed by atoms with Gasteiger partial charge in [0.2, 0.25) is 0 Å². The van der Waals surface area contributed by atoms with E-state index in [1.165, 1.54) is 0 Å². The first-order valence-corrected chi connectivity index (χ1v) is 5.00. The highest BCUT2D eigenvalue weighted by Crippen LogP contribution is 2.53. The van der Waals surface area contributed by atoms with Crippen molar-refractivity contribution in [3.8, 4) is 0 Å². The van der Waals surface area contributed by atoms with Gasteiger partial charge in [-0.05, 0) is 13.3 Å². The molecule has 0 rings (SSSR count). The van der Waals surface area contributed by atoms with E-state index in [1.54, 1.807) is 0 Å². The fourth-order valence-electron chi connectivity index (χ4n) is 1.09. The van der Waals surface area contributed by atoms with Crippen LogP contribution >= 0.6 is 0 Å². The number of aliphatic carboxylic acids is 1. The third-order valence-electron chi connectivity index (χ3n) is 2.62. The average Bonchev–Trinajstić information content (AvgIpc) is 2.23. The van der Waals surface area contributed by atoms with Crippen LogP contribution in [0.4, 0.5) is 35.1 Å². The summed E-state index contributed by atoms with van der Waals surface area (Å²) in [6, 6.07) is 0. The number of carboxylic acid groups (broad SMARTS) is 1. The molecule has 0 spiro atoms. The van der Waals surface area contributed by atoms with E-state index in [4.69, 9.17) is 5.11 Å². The van der Waals surface area contributed by atoms with Crippen molar-refractivity contribution in [1.29, 1.82) is 0 Å². The first kappa shape index (κ1) is 18.7. The molecule has 0 amide bonds. The number of hydrogen-bond donors (Lipinski definition) is 1. The minimum atomic E-state index is -6.22. The van der Waals surface area contributed by atoms with Crippen LogP contribution in [0.25, 0.3) is 0 Å². The van der Waals surface area contributed by atoms with Crippen molar-refractivity contribution < 1.29 is 45.0 Å². The van der Waals surface area contributed by atoms with Crippen LogP contribution in [0.15, 0.2) is 12.2 Å². The van der Waals surface area contributed by atoms with Gasteiger partial charge < -0.3 is 5.11 Å². The van der Waals surface area contributed by atoms with Crippen molar-refractivity contribution in [2.24, 2.45) is 0 Å². The highest BCUT2D eigenvalue weighted by Gasteiger charge is 2.77. The molecule has 1 atom stereocenters. The van der Waals surface area contributed by atoms with Gasteiger partial charge in [0.1, 0.15) is 0 Å². The zero-order valence-corrected chi connectivity index (χ0v) is 10.0. The van der Waals surface area contributed by atoms with Crippen LogP contribution in [-0.2, 0) is 4.79 Å². The fraction of sp³-hybridized carbons (Fsp3) is 0.700. The van der Waals surface area contributed by atoms with Crippen LogP contribution in [0.1, 0.15) is 19.8 Å². The Hall–Kier alpha value is -1.35. The van der Waals surface area contributed by atoms with Gasteiger partial charge in [0.05, 0.1) is 0 Å². The van der Waals surface area contributed by atoms with E-state index >= 15 is 0 Å². The predicted molar refractivity (Wildman–Crippen MR) is 51.5 cm³/mol. The molecule has 0 saturated carbocycles. The van der Waals surface area contributed by atoms with Crippen LogP contribution in [-0.4, -0.2) is 34.8 Å². The number of rotatable bonds is 6. The summed E-state index contributed by atoms with van der Waals surface area (Å²) in [6.07, 6.45) is -9.42. The Kier molecular flexibility index (Phi) is 4.86. The molecule has 1 unspecified atom stereocenters. The van der Waals surface area contributed by atoms with Crippen LogP contribution in [0, 0.1) is 0 Å². The first-order chi connectivity index (χ1) is 8.58. The monoisotopic (exact) mass is 314 g/mol. The number of carbonyl (C=O) groups is 1. The Labute approximate surface area is 108 Å². The molecular weight excluding hydrogens is 304 g/mol. The van der Waals surface area contributed by atoms with Gasteiger partial charge in [-0.15, -0.1) is 0 Å². The molecule has 0 aliphatic carbocycles. The molecule has 10 heteroatoms. The van der Waals surface area contributed by atoms with E-state index in [-0.39, 0.29) is 0 Å². The Bertz CT molecular complexity index is 397. The Morgan fingerprint density at radius 1 is 1.05 bits per heavy atom. The molecule has 20 heavy (non-hydrogen) atoms. The largest absolute Gasteiger partial charge is 0.478 e. The van der Waals surface area contributed by atoms with E-state index in [2.05, 4.69) is 6.58 Å². The maximum atomic E-state index is 13.1. The molecule has 0 fully saturated rings. The fourth-order valence-corrected chi connectivity index (χ4v) is 1.09. The zero-order valence-electron chi connectivity index (χ0n) is 10.0. The van der Waals surface area contributed by atoms with Gasteiger partial charge in [-0.3, -0.25) is 0 Å². The van der Waals surface area contributed by atoms with Gasteiger partial charge in [-0.25, -0.2) is 9.18 Å². The van der Waals surface area contributed by atoms with Gasteiger partial charge in [-0.1, -0.05) is 6.58 Å². The number of halogens is 8. The topological polar surface area (TPSA) is 37.3 Å². The number of hydrogen-bond acceptors (Lipinski definition) is 1. The Morgan fingerprint density at radius 2 is 1.45 bits per heavy atom. The molecule has 0 aliphatic rings. The SMILES string of the molecule is C=C(CCC(F)(F)C(F)(F)C(C)(F)C(F)(F)F)C(=O)O. The molecule has 118 valence electrons. The lowest BCUT2D eigenvalue weighted by atomic mass is 9.90. The molecule has 0 heterocycles. The number of alkyl halides is 8. The molecule has 0 radical (unpaired) electrons. The highest BCUT2D eigenvalue weighted by atomic mass is 19.4. The van der Waals surface area contributed by atoms with Gasteiger partial charge in [-0.2, -0.15) is 30.7 Å². The summed E-state index contributed by atoms with van der Waals surface area (Å²) >= 11 is 0. The zero-order chi connectivity index (χ0) is 16.6. The lowest BCUT2D eigenvalue weighted by Crippen LogP contribution is -2.61. The van der Waals surface area contributed by atoms with Crippen molar-refractivity contribution in [3.05, 3.63) is 12.2 Å². The molecule has 0 aromatic rings. The molecule has 0 aromatic heterocycles. The van der Waals surface area contributed by atoms with Gasteiger partial charge in [0, 0.05) is 12.0 Å². The smallest absolute Gasteiger partial charge is 0.428 e. The highest BCUT2D eigenvalue weighted by molar-refractivity contribution is 5.85. The van der Waals surface area contributed by atoms with Crippen LogP contribution < -0.4 is 0 Å². The molecule has 2 nitrogen and oxygen atoms in total. The summed E-state index contributed by atoms with van der Waals surface area (Å²) in [5.41, 5.74) is -6.37. The van der Waals surface area contributed by atoms with Gasteiger partial charge >= 0.3 is 24.0 Å². The Balaban J connectivity index is 5.27. The van der Waals surface area contributed by atoms with E-state index < -0.39 is 55.0 Å². The van der Waals surface area contributed by atoms with Crippen molar-refractivity contribution in [2.75, 3.05) is 0 Å². The summed E-state index contributed by atoms with van der Waals surface area (Å²) in [6.45, 7) is 2.06. The second kappa shape index (κ2) is 5.21. The van der Waals surface area contributed by atoms with Gasteiger partial charge in [0.15, 0.2) is 0 Å². The van der Waals surface area contributed by atoms with E-state index in [1.807, 2.05) is 0 Å². The molecule has 0 aliphatic heterocycles. The average molecular weight is 314 g/mol. The summed E-state index contributed by atoms with van der Waals surface area (Å²) in [7, 11) is 0. The minimum absolute atomic E-state index is 0.701. The summed E-state index contributed by atoms with van der Waals surface area (Å²) in [5.74, 6) is -13.2. The number of carboxylic acids is 1. The first-order valence-electron chi connectivity index (χ1n) is 5.00. The molecule has 1 N–H and O–H groups in total. The third kappa shape index (κ3) is 3.21. The standard InChI is InChI=1S/C10H10F8O2/c1-5(6(19)20)3-4-8(12,13)9(14,15)7(2,11)10(16,17)18/h1,3-4H2,2H3,(H,19,20). The molecule has 0 saturated heterocycles. The maximum Gasteiger partial charge on any atom is 0.428 e. The van der Waals surface area contributed by atoms with Crippen LogP contribution in [0.3, 0.4) is 0 Å². The van der Waals surface area contributed by atoms with Crippen molar-refractivity contribution >= 4 is 5.97 Å². The normalized spacial score (nSPS) is 16.6. The minimum Gasteiger partial charge on any atom is -0.478 e. The lowest BCUT2D eigenvalue weighted by Gasteiger charge is -2.36. The van der Waals surface area contributed by atoms with Crippen molar-refractivity contribution in [1.82, 2.24) is 0 Å². The quantitative estimate of drug-likeness (QED) is 0.595. The molecular formula is C10H10F8O2. The van der Waals surface area contributed by atoms with E-state index in [0.717, 1.165) is 0 Å². The molecule has 0 bridgehead atoms. The van der Waals surface area contributed by atoms with E-state index in [9.17, 15) is 39.9 Å². The molecule has 0 aromatic carbocycles. The second-order valence-electron chi connectivity index (χ2n) is 4.19. The maximum absolute atomic E-state index is 13.1. The van der Waals surface area contributed by atoms with Crippen LogP contribution in [0.2, 0.25) is 0 Å².